The molecule has 11 heteroatoms. The van der Waals surface area contributed by atoms with Gasteiger partial charge in [-0.3, -0.25) is 15.1 Å². The summed E-state index contributed by atoms with van der Waals surface area (Å²) >= 11 is 1.55. The first-order valence-corrected chi connectivity index (χ1v) is 16.4. The van der Waals surface area contributed by atoms with Gasteiger partial charge in [-0.1, -0.05) is 42.8 Å². The average molecular weight is 660 g/mol. The topological polar surface area (TPSA) is 117 Å². The number of nitrogens with one attached hydrogen (secondary N) is 2. The van der Waals surface area contributed by atoms with Crippen LogP contribution in [0.1, 0.15) is 40.4 Å². The lowest BCUT2D eigenvalue weighted by atomic mass is 10.1. The Kier molecular flexibility index (Phi) is 15.3. The lowest BCUT2D eigenvalue weighted by Crippen LogP contribution is -2.18. The molecule has 0 bridgehead atoms. The van der Waals surface area contributed by atoms with Gasteiger partial charge in [-0.15, -0.1) is 0 Å². The monoisotopic (exact) mass is 659 g/mol. The zero-order chi connectivity index (χ0) is 33.1. The third-order valence-electron chi connectivity index (χ3n) is 6.71. The van der Waals surface area contributed by atoms with Crippen LogP contribution in [0, 0.1) is 11.8 Å². The number of carbonyl (C=O) groups is 2. The van der Waals surface area contributed by atoms with E-state index in [0.717, 1.165) is 45.2 Å². The SMILES string of the molecule is CCCOCCOCCOCCOCCOC(=O)Nc1ccc(C#CC2=NCc3cc(Sc4ccccc4C(=O)NC)ccc32)cc1. The minimum atomic E-state index is -0.560. The number of hydrogen-bond acceptors (Lipinski definition) is 9. The minimum Gasteiger partial charge on any atom is -0.447 e. The maximum atomic E-state index is 12.2. The fourth-order valence-corrected chi connectivity index (χ4v) is 5.39. The van der Waals surface area contributed by atoms with Gasteiger partial charge in [0.05, 0.1) is 58.4 Å². The number of amides is 2. The Morgan fingerprint density at radius 2 is 1.47 bits per heavy atom. The van der Waals surface area contributed by atoms with Gasteiger partial charge in [0.1, 0.15) is 12.3 Å². The predicted molar refractivity (Wildman–Crippen MR) is 182 cm³/mol. The van der Waals surface area contributed by atoms with Gasteiger partial charge in [-0.05, 0) is 66.4 Å². The molecule has 3 aromatic carbocycles. The van der Waals surface area contributed by atoms with Crippen molar-refractivity contribution in [1.82, 2.24) is 5.32 Å². The highest BCUT2D eigenvalue weighted by atomic mass is 32.2. The van der Waals surface area contributed by atoms with Crippen LogP contribution in [0.5, 0.6) is 0 Å². The van der Waals surface area contributed by atoms with Gasteiger partial charge in [0.2, 0.25) is 0 Å². The highest BCUT2D eigenvalue weighted by molar-refractivity contribution is 7.99. The van der Waals surface area contributed by atoms with Crippen molar-refractivity contribution in [3.05, 3.63) is 89.0 Å². The van der Waals surface area contributed by atoms with Gasteiger partial charge in [0, 0.05) is 40.3 Å². The molecule has 0 aliphatic carbocycles. The van der Waals surface area contributed by atoms with Crippen LogP contribution in [0.2, 0.25) is 0 Å². The van der Waals surface area contributed by atoms with Crippen LogP contribution in [0.15, 0.2) is 81.5 Å². The molecular weight excluding hydrogens is 618 g/mol. The molecule has 0 atom stereocenters. The summed E-state index contributed by atoms with van der Waals surface area (Å²) in [7, 11) is 1.63. The second-order valence-electron chi connectivity index (χ2n) is 10.2. The lowest BCUT2D eigenvalue weighted by molar-refractivity contribution is -0.00602. The van der Waals surface area contributed by atoms with E-state index in [-0.39, 0.29) is 19.1 Å². The van der Waals surface area contributed by atoms with E-state index in [1.54, 1.807) is 30.9 Å². The second-order valence-corrected chi connectivity index (χ2v) is 11.3. The van der Waals surface area contributed by atoms with Crippen molar-refractivity contribution in [2.45, 2.75) is 29.7 Å². The molecular formula is C36H41N3O7S. The number of benzene rings is 3. The molecule has 2 amide bonds. The molecule has 1 aliphatic rings. The van der Waals surface area contributed by atoms with Crippen LogP contribution in [0.3, 0.4) is 0 Å². The molecule has 1 aliphatic heterocycles. The first-order valence-electron chi connectivity index (χ1n) is 15.6. The number of rotatable bonds is 18. The molecule has 0 saturated heterocycles. The largest absolute Gasteiger partial charge is 0.447 e. The number of carbonyl (C=O) groups excluding carboxylic acids is 2. The smallest absolute Gasteiger partial charge is 0.411 e. The molecule has 10 nitrogen and oxygen atoms in total. The third-order valence-corrected chi connectivity index (χ3v) is 7.77. The summed E-state index contributed by atoms with van der Waals surface area (Å²) in [5.41, 5.74) is 4.87. The molecule has 47 heavy (non-hydrogen) atoms. The number of anilines is 1. The zero-order valence-electron chi connectivity index (χ0n) is 26.8. The highest BCUT2D eigenvalue weighted by Gasteiger charge is 2.16. The van der Waals surface area contributed by atoms with Gasteiger partial charge in [0.25, 0.3) is 5.91 Å². The van der Waals surface area contributed by atoms with Crippen molar-refractivity contribution in [2.75, 3.05) is 71.8 Å². The van der Waals surface area contributed by atoms with Crippen molar-refractivity contribution in [1.29, 1.82) is 0 Å². The van der Waals surface area contributed by atoms with Gasteiger partial charge in [0.15, 0.2) is 0 Å². The van der Waals surface area contributed by atoms with E-state index in [1.807, 2.05) is 48.5 Å². The Balaban J connectivity index is 1.13. The third kappa shape index (κ3) is 12.2. The van der Waals surface area contributed by atoms with Crippen LogP contribution in [0.25, 0.3) is 0 Å². The zero-order valence-corrected chi connectivity index (χ0v) is 27.7. The lowest BCUT2D eigenvalue weighted by Gasteiger charge is -2.09. The van der Waals surface area contributed by atoms with Crippen LogP contribution in [-0.2, 0) is 30.2 Å². The Labute approximate surface area is 280 Å². The maximum Gasteiger partial charge on any atom is 0.411 e. The van der Waals surface area contributed by atoms with Crippen molar-refractivity contribution in [2.24, 2.45) is 4.99 Å². The van der Waals surface area contributed by atoms with Crippen molar-refractivity contribution < 1.29 is 33.3 Å². The fourth-order valence-electron chi connectivity index (χ4n) is 4.38. The van der Waals surface area contributed by atoms with E-state index >= 15 is 0 Å². The van der Waals surface area contributed by atoms with E-state index < -0.39 is 6.09 Å². The van der Waals surface area contributed by atoms with Crippen LogP contribution in [-0.4, -0.2) is 84.2 Å². The fraction of sp³-hybridized carbons (Fsp3) is 0.361. The van der Waals surface area contributed by atoms with Crippen LogP contribution < -0.4 is 10.6 Å². The Morgan fingerprint density at radius 3 is 2.15 bits per heavy atom. The number of fused-ring (bicyclic) bond motifs is 1. The Bertz CT molecular complexity index is 1550. The van der Waals surface area contributed by atoms with Crippen molar-refractivity contribution >= 4 is 35.2 Å². The van der Waals surface area contributed by atoms with Crippen LogP contribution >= 0.6 is 11.8 Å². The van der Waals surface area contributed by atoms with Gasteiger partial charge in [-0.25, -0.2) is 4.79 Å². The average Bonchev–Trinajstić information content (AvgIpc) is 3.50. The molecule has 0 saturated carbocycles. The summed E-state index contributed by atoms with van der Waals surface area (Å²) in [4.78, 5) is 30.9. The van der Waals surface area contributed by atoms with Crippen molar-refractivity contribution in [3.63, 3.8) is 0 Å². The summed E-state index contributed by atoms with van der Waals surface area (Å²) in [6.45, 7) is 6.78. The first kappa shape index (κ1) is 35.7. The highest BCUT2D eigenvalue weighted by Crippen LogP contribution is 2.33. The molecule has 2 N–H and O–H groups in total. The van der Waals surface area contributed by atoms with Gasteiger partial charge < -0.3 is 29.0 Å². The summed E-state index contributed by atoms with van der Waals surface area (Å²) < 4.78 is 26.8. The number of aliphatic imine (C=N–C) groups is 1. The van der Waals surface area contributed by atoms with E-state index in [4.69, 9.17) is 23.7 Å². The van der Waals surface area contributed by atoms with Crippen LogP contribution in [0.4, 0.5) is 10.5 Å². The molecule has 0 aromatic heterocycles. The molecule has 1 heterocycles. The molecule has 4 rings (SSSR count). The summed E-state index contributed by atoms with van der Waals surface area (Å²) in [6.07, 6.45) is 0.442. The second kappa shape index (κ2) is 20.1. The molecule has 0 unspecified atom stereocenters. The van der Waals surface area contributed by atoms with E-state index in [2.05, 4.69) is 40.5 Å². The van der Waals surface area contributed by atoms with E-state index in [9.17, 15) is 9.59 Å². The summed E-state index contributed by atoms with van der Waals surface area (Å²) in [5, 5.41) is 5.40. The molecule has 0 fully saturated rings. The predicted octanol–water partition coefficient (Wildman–Crippen LogP) is 5.58. The van der Waals surface area contributed by atoms with Crippen molar-refractivity contribution in [3.8, 4) is 11.8 Å². The Hall–Kier alpha value is -4.18. The summed E-state index contributed by atoms with van der Waals surface area (Å²) in [5.74, 6) is 6.23. The molecule has 3 aromatic rings. The standard InChI is InChI=1S/C36H41N3O7S/c1-3-16-42-17-18-43-19-20-44-21-22-45-23-24-46-36(41)39-29-11-8-27(9-12-29)10-15-33-31-14-13-30(25-28(31)26-38-33)47-34-7-5-4-6-32(34)35(40)37-2/h4-9,11-14,25H,3,16-24,26H2,1-2H3,(H,37,40)(H,39,41). The first-order chi connectivity index (χ1) is 23.1. The quantitative estimate of drug-likeness (QED) is 0.134. The number of hydrogen-bond donors (Lipinski definition) is 2. The molecule has 248 valence electrons. The molecule has 0 spiro atoms. The van der Waals surface area contributed by atoms with Gasteiger partial charge in [-0.2, -0.15) is 0 Å². The minimum absolute atomic E-state index is 0.111. The molecule has 0 radical (unpaired) electrons. The normalized spacial score (nSPS) is 11.7. The summed E-state index contributed by atoms with van der Waals surface area (Å²) in [6, 6.07) is 20.9. The number of nitrogens with zero attached hydrogens (tertiary/aromatic N) is 1. The number of ether oxygens (including phenoxy) is 5. The van der Waals surface area contributed by atoms with Gasteiger partial charge >= 0.3 is 6.09 Å². The Morgan fingerprint density at radius 1 is 0.809 bits per heavy atom. The van der Waals surface area contributed by atoms with E-state index in [0.29, 0.717) is 57.4 Å². The maximum absolute atomic E-state index is 12.2. The van der Waals surface area contributed by atoms with E-state index in [1.165, 1.54) is 0 Å².